The molecule has 0 unspecified atom stereocenters. The summed E-state index contributed by atoms with van der Waals surface area (Å²) in [5.74, 6) is 7.17. The summed E-state index contributed by atoms with van der Waals surface area (Å²) in [6.07, 6.45) is 14.4. The molecule has 0 bridgehead atoms. The Balaban J connectivity index is 1.35. The average molecular weight is 427 g/mol. The third-order valence-corrected chi connectivity index (χ3v) is 12.8. The fraction of sp³-hybridized carbons (Fsp3) is 0.933. The van der Waals surface area contributed by atoms with Crippen LogP contribution in [-0.4, -0.2) is 11.2 Å². The average Bonchev–Trinajstić information content (AvgIpc) is 3.29. The highest BCUT2D eigenvalue weighted by Crippen LogP contribution is 2.71. The first kappa shape index (κ1) is 22.5. The van der Waals surface area contributed by atoms with Crippen molar-refractivity contribution >= 4 is 0 Å². The summed E-state index contributed by atoms with van der Waals surface area (Å²) in [6.45, 7) is 17.9. The number of aliphatic hydroxyl groups is 1. The molecular weight excluding hydrogens is 376 g/mol. The predicted octanol–water partition coefficient (Wildman–Crippen LogP) is 7.88. The van der Waals surface area contributed by atoms with Crippen LogP contribution in [0.4, 0.5) is 0 Å². The van der Waals surface area contributed by atoms with Gasteiger partial charge in [-0.2, -0.15) is 0 Å². The Morgan fingerprint density at radius 2 is 1.65 bits per heavy atom. The van der Waals surface area contributed by atoms with Gasteiger partial charge >= 0.3 is 0 Å². The van der Waals surface area contributed by atoms with E-state index in [2.05, 4.69) is 54.5 Å². The van der Waals surface area contributed by atoms with E-state index in [0.717, 1.165) is 60.2 Å². The van der Waals surface area contributed by atoms with E-state index in [4.69, 9.17) is 0 Å². The molecule has 5 rings (SSSR count). The largest absolute Gasteiger partial charge is 0.393 e. The van der Waals surface area contributed by atoms with Crippen molar-refractivity contribution in [2.24, 2.45) is 63.6 Å². The zero-order valence-electron chi connectivity index (χ0n) is 21.6. The summed E-state index contributed by atoms with van der Waals surface area (Å²) in [4.78, 5) is 0. The van der Waals surface area contributed by atoms with Gasteiger partial charge in [0.2, 0.25) is 0 Å². The minimum atomic E-state index is -0.0810. The van der Waals surface area contributed by atoms with E-state index in [0.29, 0.717) is 16.2 Å². The fourth-order valence-corrected chi connectivity index (χ4v) is 10.3. The van der Waals surface area contributed by atoms with Gasteiger partial charge in [-0.15, -0.1) is 0 Å². The predicted molar refractivity (Wildman–Crippen MR) is 131 cm³/mol. The van der Waals surface area contributed by atoms with Crippen molar-refractivity contribution in [1.82, 2.24) is 0 Å². The van der Waals surface area contributed by atoms with Gasteiger partial charge in [0.25, 0.3) is 0 Å². The normalized spacial score (nSPS) is 53.3. The van der Waals surface area contributed by atoms with Crippen LogP contribution in [0.3, 0.4) is 0 Å². The van der Waals surface area contributed by atoms with Gasteiger partial charge in [-0.1, -0.05) is 60.1 Å². The van der Waals surface area contributed by atoms with E-state index >= 15 is 0 Å². The number of hydrogen-bond acceptors (Lipinski definition) is 1. The van der Waals surface area contributed by atoms with E-state index < -0.39 is 0 Å². The van der Waals surface area contributed by atoms with Gasteiger partial charge in [0.05, 0.1) is 6.10 Å². The van der Waals surface area contributed by atoms with Crippen LogP contribution >= 0.6 is 0 Å². The number of rotatable bonds is 4. The van der Waals surface area contributed by atoms with Gasteiger partial charge in [0.15, 0.2) is 0 Å². The zero-order valence-corrected chi connectivity index (χ0v) is 21.6. The Labute approximate surface area is 192 Å². The molecule has 0 spiro atoms. The second-order valence-corrected chi connectivity index (χ2v) is 14.1. The molecule has 0 aliphatic heterocycles. The summed E-state index contributed by atoms with van der Waals surface area (Å²) in [5.41, 5.74) is 3.17. The Hall–Kier alpha value is -0.300. The Morgan fingerprint density at radius 3 is 2.35 bits per heavy atom. The standard InChI is InChI=1S/C30H50O/c1-18(2)20(4)30(7)17-27(30)19(3)24-10-11-25-23-9-8-21-16-22(31)12-14-28(21,5)26(23)13-15-29(24,25)6/h8,18-20,22-27,31H,9-17H2,1-7H3/t19-,20-,22-,23-,24+,25-,26-,27+,28-,29+,30+/m0/s1. The van der Waals surface area contributed by atoms with Crippen LogP contribution in [0.1, 0.15) is 106 Å². The van der Waals surface area contributed by atoms with E-state index in [1.165, 1.54) is 44.9 Å². The van der Waals surface area contributed by atoms with Crippen molar-refractivity contribution < 1.29 is 5.11 Å². The second-order valence-electron chi connectivity index (χ2n) is 14.1. The van der Waals surface area contributed by atoms with Gasteiger partial charge in [0, 0.05) is 0 Å². The number of allylic oxidation sites excluding steroid dienone is 1. The molecular formula is C30H50O. The van der Waals surface area contributed by atoms with Crippen LogP contribution in [0.2, 0.25) is 0 Å². The minimum absolute atomic E-state index is 0.0810. The summed E-state index contributed by atoms with van der Waals surface area (Å²) < 4.78 is 0. The maximum Gasteiger partial charge on any atom is 0.0577 e. The first-order valence-corrected chi connectivity index (χ1v) is 13.9. The molecule has 0 aromatic carbocycles. The van der Waals surface area contributed by atoms with E-state index in [1.54, 1.807) is 5.57 Å². The summed E-state index contributed by atoms with van der Waals surface area (Å²) >= 11 is 0. The quantitative estimate of drug-likeness (QED) is 0.453. The minimum Gasteiger partial charge on any atom is -0.393 e. The maximum atomic E-state index is 10.3. The first-order valence-electron chi connectivity index (χ1n) is 13.9. The Kier molecular flexibility index (Phi) is 5.33. The second kappa shape index (κ2) is 7.35. The molecule has 5 aliphatic rings. The number of hydrogen-bond donors (Lipinski definition) is 1. The van der Waals surface area contributed by atoms with Crippen LogP contribution in [0.25, 0.3) is 0 Å². The van der Waals surface area contributed by atoms with Crippen LogP contribution in [0.5, 0.6) is 0 Å². The smallest absolute Gasteiger partial charge is 0.0577 e. The molecule has 0 amide bonds. The molecule has 0 aromatic rings. The van der Waals surface area contributed by atoms with Crippen LogP contribution in [-0.2, 0) is 0 Å². The van der Waals surface area contributed by atoms with Gasteiger partial charge in [-0.05, 0) is 121 Å². The van der Waals surface area contributed by atoms with Crippen LogP contribution < -0.4 is 0 Å². The lowest BCUT2D eigenvalue weighted by molar-refractivity contribution is -0.0592. The summed E-state index contributed by atoms with van der Waals surface area (Å²) in [6, 6.07) is 0. The van der Waals surface area contributed by atoms with Gasteiger partial charge in [-0.3, -0.25) is 0 Å². The van der Waals surface area contributed by atoms with E-state index in [9.17, 15) is 5.11 Å². The topological polar surface area (TPSA) is 20.2 Å². The number of aliphatic hydroxyl groups excluding tert-OH is 1. The molecule has 1 heteroatoms. The first-order chi connectivity index (χ1) is 14.5. The highest BCUT2D eigenvalue weighted by molar-refractivity contribution is 5.25. The molecule has 31 heavy (non-hydrogen) atoms. The maximum absolute atomic E-state index is 10.3. The molecule has 5 aliphatic carbocycles. The van der Waals surface area contributed by atoms with Crippen molar-refractivity contribution in [3.63, 3.8) is 0 Å². The lowest BCUT2D eigenvalue weighted by Crippen LogP contribution is -2.51. The summed E-state index contributed by atoms with van der Waals surface area (Å²) in [5, 5.41) is 10.3. The number of fused-ring (bicyclic) bond motifs is 5. The molecule has 0 aromatic heterocycles. The third-order valence-electron chi connectivity index (χ3n) is 12.8. The third kappa shape index (κ3) is 3.18. The molecule has 4 saturated carbocycles. The molecule has 1 nitrogen and oxygen atoms in total. The monoisotopic (exact) mass is 426 g/mol. The van der Waals surface area contributed by atoms with E-state index in [-0.39, 0.29) is 6.10 Å². The van der Waals surface area contributed by atoms with Crippen molar-refractivity contribution in [1.29, 1.82) is 0 Å². The summed E-state index contributed by atoms with van der Waals surface area (Å²) in [7, 11) is 0. The Morgan fingerprint density at radius 1 is 0.903 bits per heavy atom. The van der Waals surface area contributed by atoms with Gasteiger partial charge < -0.3 is 5.11 Å². The van der Waals surface area contributed by atoms with Crippen molar-refractivity contribution in [3.05, 3.63) is 11.6 Å². The lowest BCUT2D eigenvalue weighted by Gasteiger charge is -2.58. The van der Waals surface area contributed by atoms with Gasteiger partial charge in [0.1, 0.15) is 0 Å². The highest BCUT2D eigenvalue weighted by atomic mass is 16.3. The molecule has 0 saturated heterocycles. The molecule has 0 radical (unpaired) electrons. The lowest BCUT2D eigenvalue weighted by atomic mass is 9.47. The van der Waals surface area contributed by atoms with Crippen LogP contribution in [0, 0.1) is 63.6 Å². The van der Waals surface area contributed by atoms with Gasteiger partial charge in [-0.25, -0.2) is 0 Å². The molecule has 0 heterocycles. The molecule has 4 fully saturated rings. The molecule has 1 N–H and O–H groups in total. The van der Waals surface area contributed by atoms with E-state index in [1.807, 2.05) is 0 Å². The van der Waals surface area contributed by atoms with Crippen LogP contribution in [0.15, 0.2) is 11.6 Å². The Bertz CT molecular complexity index is 737. The highest BCUT2D eigenvalue weighted by Gasteiger charge is 2.63. The zero-order chi connectivity index (χ0) is 22.3. The SMILES string of the molecule is CC(C)[C@H](C)[C@@]1(C)C[C@@H]1[C@@H](C)[C@H]1CC[C@H]2[C@@H]3CC=C4C[C@@H](O)CC[C@]4(C)[C@H]3CC[C@]12C. The van der Waals surface area contributed by atoms with Crippen molar-refractivity contribution in [3.8, 4) is 0 Å². The molecule has 11 atom stereocenters. The van der Waals surface area contributed by atoms with Crippen molar-refractivity contribution in [2.45, 2.75) is 112 Å². The fourth-order valence-electron chi connectivity index (χ4n) is 10.3. The van der Waals surface area contributed by atoms with Crippen molar-refractivity contribution in [2.75, 3.05) is 0 Å². The molecule has 176 valence electrons.